The summed E-state index contributed by atoms with van der Waals surface area (Å²) in [6.45, 7) is 2.48. The summed E-state index contributed by atoms with van der Waals surface area (Å²) >= 11 is 6.79. The van der Waals surface area contributed by atoms with E-state index in [2.05, 4.69) is 49.1 Å². The number of hydrogen-bond donors (Lipinski definition) is 0. The van der Waals surface area contributed by atoms with Crippen LogP contribution >= 0.6 is 31.9 Å². The van der Waals surface area contributed by atoms with Crippen LogP contribution in [0.15, 0.2) is 28.9 Å². The van der Waals surface area contributed by atoms with Gasteiger partial charge in [-0.2, -0.15) is 0 Å². The summed E-state index contributed by atoms with van der Waals surface area (Å²) < 4.78 is 2.15. The van der Waals surface area contributed by atoms with Crippen LogP contribution in [0.3, 0.4) is 0 Å². The lowest BCUT2D eigenvalue weighted by molar-refractivity contribution is -0.385. The van der Waals surface area contributed by atoms with E-state index in [4.69, 9.17) is 0 Å². The summed E-state index contributed by atoms with van der Waals surface area (Å²) in [4.78, 5) is 10.7. The molecule has 6 nitrogen and oxygen atoms in total. The summed E-state index contributed by atoms with van der Waals surface area (Å²) in [5.74, 6) is 0. The quantitative estimate of drug-likeness (QED) is 0.431. The van der Waals surface area contributed by atoms with Gasteiger partial charge in [-0.3, -0.25) is 10.1 Å². The number of rotatable bonds is 5. The third-order valence-electron chi connectivity index (χ3n) is 2.82. The molecule has 106 valence electrons. The summed E-state index contributed by atoms with van der Waals surface area (Å²) in [5.41, 5.74) is 1.70. The fourth-order valence-electron chi connectivity index (χ4n) is 1.75. The molecule has 0 amide bonds. The average Bonchev–Trinajstić information content (AvgIpc) is 2.88. The van der Waals surface area contributed by atoms with E-state index in [-0.39, 0.29) is 10.5 Å². The van der Waals surface area contributed by atoms with Crippen LogP contribution in [-0.4, -0.2) is 19.9 Å². The first kappa shape index (κ1) is 15.1. The summed E-state index contributed by atoms with van der Waals surface area (Å²) in [6, 6.07) is 4.95. The van der Waals surface area contributed by atoms with Gasteiger partial charge in [0.05, 0.1) is 22.0 Å². The van der Waals surface area contributed by atoms with Crippen molar-refractivity contribution < 1.29 is 4.92 Å². The molecule has 1 atom stereocenters. The molecule has 1 aromatic carbocycles. The van der Waals surface area contributed by atoms with Crippen molar-refractivity contribution in [3.63, 3.8) is 0 Å². The normalized spacial score (nSPS) is 12.3. The van der Waals surface area contributed by atoms with E-state index in [9.17, 15) is 10.1 Å². The molecule has 1 heterocycles. The Balaban J connectivity index is 2.24. The number of halogens is 2. The number of hydrogen-bond acceptors (Lipinski definition) is 4. The lowest BCUT2D eigenvalue weighted by atomic mass is 10.2. The van der Waals surface area contributed by atoms with E-state index >= 15 is 0 Å². The van der Waals surface area contributed by atoms with E-state index < -0.39 is 4.92 Å². The molecule has 0 bridgehead atoms. The Morgan fingerprint density at radius 1 is 1.50 bits per heavy atom. The van der Waals surface area contributed by atoms with Crippen molar-refractivity contribution in [1.29, 1.82) is 0 Å². The zero-order valence-corrected chi connectivity index (χ0v) is 13.8. The van der Waals surface area contributed by atoms with Crippen molar-refractivity contribution >= 4 is 37.5 Å². The fourth-order valence-corrected chi connectivity index (χ4v) is 2.49. The molecule has 0 saturated carbocycles. The third kappa shape index (κ3) is 3.24. The van der Waals surface area contributed by atoms with Gasteiger partial charge in [0.15, 0.2) is 0 Å². The van der Waals surface area contributed by atoms with Crippen LogP contribution < -0.4 is 0 Å². The van der Waals surface area contributed by atoms with Gasteiger partial charge in [-0.05, 0) is 27.9 Å². The van der Waals surface area contributed by atoms with Gasteiger partial charge in [0.1, 0.15) is 4.47 Å². The van der Waals surface area contributed by atoms with Gasteiger partial charge in [-0.25, -0.2) is 4.68 Å². The first-order chi connectivity index (χ1) is 9.52. The molecule has 2 rings (SSSR count). The lowest BCUT2D eigenvalue weighted by Crippen LogP contribution is -2.02. The summed E-state index contributed by atoms with van der Waals surface area (Å²) in [7, 11) is 0. The number of alkyl halides is 1. The molecule has 2 aromatic rings. The average molecular weight is 404 g/mol. The van der Waals surface area contributed by atoms with Crippen molar-refractivity contribution in [2.45, 2.75) is 24.7 Å². The number of nitrogens with zero attached hydrogens (tertiary/aromatic N) is 4. The van der Waals surface area contributed by atoms with Crippen LogP contribution in [0.2, 0.25) is 0 Å². The fraction of sp³-hybridized carbons (Fsp3) is 0.333. The van der Waals surface area contributed by atoms with Gasteiger partial charge in [-0.15, -0.1) is 5.10 Å². The summed E-state index contributed by atoms with van der Waals surface area (Å²) in [6.07, 6.45) is 2.76. The third-order valence-corrected chi connectivity index (χ3v) is 4.86. The topological polar surface area (TPSA) is 73.8 Å². The number of nitro benzene ring substituents is 1. The van der Waals surface area contributed by atoms with Crippen molar-refractivity contribution in [2.75, 3.05) is 0 Å². The van der Waals surface area contributed by atoms with E-state index in [0.29, 0.717) is 11.0 Å². The van der Waals surface area contributed by atoms with Crippen LogP contribution in [0.4, 0.5) is 5.69 Å². The Bertz CT molecular complexity index is 630. The SMILES string of the molecule is CCC(Br)c1cn(Cc2cccc([N+](=O)[O-])c2Br)nn1. The molecule has 0 aliphatic heterocycles. The van der Waals surface area contributed by atoms with Crippen LogP contribution in [0.5, 0.6) is 0 Å². The van der Waals surface area contributed by atoms with E-state index in [1.165, 1.54) is 6.07 Å². The predicted molar refractivity (Wildman–Crippen MR) is 81.9 cm³/mol. The molecule has 0 saturated heterocycles. The minimum absolute atomic E-state index is 0.0507. The highest BCUT2D eigenvalue weighted by atomic mass is 79.9. The van der Waals surface area contributed by atoms with Crippen LogP contribution in [0.25, 0.3) is 0 Å². The maximum atomic E-state index is 10.9. The molecule has 1 unspecified atom stereocenters. The first-order valence-corrected chi connectivity index (χ1v) is 7.69. The molecule has 20 heavy (non-hydrogen) atoms. The first-order valence-electron chi connectivity index (χ1n) is 5.98. The molecule has 0 spiro atoms. The van der Waals surface area contributed by atoms with Crippen molar-refractivity contribution in [1.82, 2.24) is 15.0 Å². The van der Waals surface area contributed by atoms with Gasteiger partial charge < -0.3 is 0 Å². The van der Waals surface area contributed by atoms with Gasteiger partial charge in [0.25, 0.3) is 5.69 Å². The standard InChI is InChI=1S/C12H12Br2N4O2/c1-2-9(13)10-7-17(16-15-10)6-8-4-3-5-11(12(8)14)18(19)20/h3-5,7,9H,2,6H2,1H3. The van der Waals surface area contributed by atoms with Gasteiger partial charge in [0, 0.05) is 12.3 Å². The molecule has 8 heteroatoms. The largest absolute Gasteiger partial charge is 0.283 e. The molecular weight excluding hydrogens is 392 g/mol. The molecule has 0 aliphatic carbocycles. The van der Waals surface area contributed by atoms with E-state index in [1.807, 2.05) is 12.3 Å². The molecule has 1 aromatic heterocycles. The maximum Gasteiger partial charge on any atom is 0.283 e. The Morgan fingerprint density at radius 2 is 2.25 bits per heavy atom. The van der Waals surface area contributed by atoms with Crippen molar-refractivity contribution in [3.8, 4) is 0 Å². The molecule has 0 N–H and O–H groups in total. The number of nitro groups is 1. The highest BCUT2D eigenvalue weighted by Gasteiger charge is 2.16. The van der Waals surface area contributed by atoms with Crippen LogP contribution in [0, 0.1) is 10.1 Å². The lowest BCUT2D eigenvalue weighted by Gasteiger charge is -2.04. The van der Waals surface area contributed by atoms with E-state index in [0.717, 1.165) is 17.7 Å². The Kier molecular flexibility index (Phi) is 4.87. The zero-order valence-electron chi connectivity index (χ0n) is 10.7. The molecule has 0 radical (unpaired) electrons. The van der Waals surface area contributed by atoms with Crippen molar-refractivity contribution in [3.05, 3.63) is 50.2 Å². The second kappa shape index (κ2) is 6.45. The highest BCUT2D eigenvalue weighted by molar-refractivity contribution is 9.10. The monoisotopic (exact) mass is 402 g/mol. The predicted octanol–water partition coefficient (Wildman–Crippen LogP) is 3.84. The van der Waals surface area contributed by atoms with Gasteiger partial charge in [0.2, 0.25) is 0 Å². The van der Waals surface area contributed by atoms with Gasteiger partial charge >= 0.3 is 0 Å². The van der Waals surface area contributed by atoms with Gasteiger partial charge in [-0.1, -0.05) is 40.2 Å². The Labute approximate surface area is 132 Å². The summed E-state index contributed by atoms with van der Waals surface area (Å²) in [5, 5.41) is 19.0. The highest BCUT2D eigenvalue weighted by Crippen LogP contribution is 2.29. The number of aromatic nitrogens is 3. The number of benzene rings is 1. The van der Waals surface area contributed by atoms with Crippen LogP contribution in [0.1, 0.15) is 29.4 Å². The minimum Gasteiger partial charge on any atom is -0.258 e. The Morgan fingerprint density at radius 3 is 2.90 bits per heavy atom. The molecular formula is C12H12Br2N4O2. The van der Waals surface area contributed by atoms with E-state index in [1.54, 1.807) is 10.7 Å². The molecule has 0 fully saturated rings. The second-order valence-corrected chi connectivity index (χ2v) is 6.12. The zero-order chi connectivity index (χ0) is 14.7. The van der Waals surface area contributed by atoms with Crippen molar-refractivity contribution in [2.24, 2.45) is 0 Å². The second-order valence-electron chi connectivity index (χ2n) is 4.22. The van der Waals surface area contributed by atoms with Crippen LogP contribution in [-0.2, 0) is 6.54 Å². The Hall–Kier alpha value is -1.28. The molecule has 0 aliphatic rings. The minimum atomic E-state index is -0.411. The maximum absolute atomic E-state index is 10.9. The smallest absolute Gasteiger partial charge is 0.258 e.